The normalized spacial score (nSPS) is 29.8. The van der Waals surface area contributed by atoms with Gasteiger partial charge in [0.05, 0.1) is 13.2 Å². The van der Waals surface area contributed by atoms with Crippen LogP contribution in [0.5, 0.6) is 0 Å². The summed E-state index contributed by atoms with van der Waals surface area (Å²) in [6.07, 6.45) is 17.6. The number of rotatable bonds is 14. The van der Waals surface area contributed by atoms with Crippen molar-refractivity contribution in [2.75, 3.05) is 13.2 Å². The molecule has 0 aromatic rings. The van der Waals surface area contributed by atoms with E-state index in [1.165, 1.54) is 57.8 Å². The highest BCUT2D eigenvalue weighted by Crippen LogP contribution is 2.61. The molecule has 4 heteroatoms. The van der Waals surface area contributed by atoms with Crippen LogP contribution in [0.1, 0.15) is 110 Å². The predicted octanol–water partition coefficient (Wildman–Crippen LogP) is 6.21. The van der Waals surface area contributed by atoms with Gasteiger partial charge in [-0.3, -0.25) is 9.59 Å². The van der Waals surface area contributed by atoms with Crippen LogP contribution in [0.4, 0.5) is 0 Å². The summed E-state index contributed by atoms with van der Waals surface area (Å²) in [5.74, 6) is 2.63. The Kier molecular flexibility index (Phi) is 8.86. The van der Waals surface area contributed by atoms with Crippen LogP contribution >= 0.6 is 0 Å². The van der Waals surface area contributed by atoms with Crippen LogP contribution in [0.25, 0.3) is 0 Å². The zero-order chi connectivity index (χ0) is 20.5. The Bertz CT molecular complexity index is 492. The Morgan fingerprint density at radius 3 is 1.79 bits per heavy atom. The Balaban J connectivity index is 1.18. The molecule has 166 valence electrons. The molecule has 4 nitrogen and oxygen atoms in total. The molecule has 0 radical (unpaired) electrons. The van der Waals surface area contributed by atoms with Gasteiger partial charge in [-0.15, -0.1) is 0 Å². The number of carbonyl (C=O) groups is 2. The van der Waals surface area contributed by atoms with Crippen molar-refractivity contribution < 1.29 is 19.1 Å². The first-order chi connectivity index (χ1) is 14.1. The molecule has 0 N–H and O–H groups in total. The first kappa shape index (κ1) is 22.6. The Hall–Kier alpha value is -1.06. The second kappa shape index (κ2) is 11.4. The second-order valence-electron chi connectivity index (χ2n) is 10.2. The van der Waals surface area contributed by atoms with Gasteiger partial charge in [-0.25, -0.2) is 0 Å². The number of hydrogen-bond donors (Lipinski definition) is 0. The van der Waals surface area contributed by atoms with Crippen LogP contribution < -0.4 is 0 Å². The van der Waals surface area contributed by atoms with E-state index in [2.05, 4.69) is 6.92 Å². The number of carbonyl (C=O) groups excluding carboxylic acids is 2. The molecule has 4 aliphatic carbocycles. The van der Waals surface area contributed by atoms with Gasteiger partial charge < -0.3 is 9.47 Å². The molecule has 4 saturated carbocycles. The lowest BCUT2D eigenvalue weighted by molar-refractivity contribution is -0.147. The number of esters is 2. The molecule has 0 spiro atoms. The Morgan fingerprint density at radius 2 is 1.24 bits per heavy atom. The van der Waals surface area contributed by atoms with E-state index < -0.39 is 0 Å². The highest BCUT2D eigenvalue weighted by molar-refractivity contribution is 5.70. The fourth-order valence-corrected chi connectivity index (χ4v) is 6.55. The van der Waals surface area contributed by atoms with Crippen molar-refractivity contribution in [1.82, 2.24) is 0 Å². The predicted molar refractivity (Wildman–Crippen MR) is 114 cm³/mol. The Morgan fingerprint density at radius 1 is 0.724 bits per heavy atom. The summed E-state index contributed by atoms with van der Waals surface area (Å²) in [5.41, 5.74) is 0.481. The molecule has 0 unspecified atom stereocenters. The van der Waals surface area contributed by atoms with Crippen molar-refractivity contribution in [2.24, 2.45) is 23.2 Å². The molecule has 0 amide bonds. The van der Waals surface area contributed by atoms with Crippen molar-refractivity contribution in [1.29, 1.82) is 0 Å². The van der Waals surface area contributed by atoms with Gasteiger partial charge in [-0.2, -0.15) is 0 Å². The topological polar surface area (TPSA) is 52.6 Å². The van der Waals surface area contributed by atoms with E-state index in [1.54, 1.807) is 0 Å². The van der Waals surface area contributed by atoms with Crippen LogP contribution in [-0.2, 0) is 19.1 Å². The summed E-state index contributed by atoms with van der Waals surface area (Å²) in [6.45, 7) is 3.32. The molecule has 0 aromatic carbocycles. The molecule has 0 heterocycles. The first-order valence-corrected chi connectivity index (χ1v) is 12.4. The van der Waals surface area contributed by atoms with E-state index in [1.807, 2.05) is 0 Å². The van der Waals surface area contributed by atoms with Crippen LogP contribution in [-0.4, -0.2) is 25.2 Å². The average molecular weight is 407 g/mol. The molecule has 0 atom stereocenters. The van der Waals surface area contributed by atoms with Crippen LogP contribution in [0.15, 0.2) is 0 Å². The largest absolute Gasteiger partial charge is 0.466 e. The highest BCUT2D eigenvalue weighted by Gasteiger charge is 2.50. The number of ether oxygens (including phenoxy) is 2. The minimum absolute atomic E-state index is 0.0981. The lowest BCUT2D eigenvalue weighted by Gasteiger charge is -2.57. The van der Waals surface area contributed by atoms with Crippen LogP contribution in [0.3, 0.4) is 0 Å². The first-order valence-electron chi connectivity index (χ1n) is 12.4. The van der Waals surface area contributed by atoms with Gasteiger partial charge in [0.2, 0.25) is 0 Å². The number of unbranched alkanes of at least 4 members (excludes halogenated alkanes) is 5. The summed E-state index contributed by atoms with van der Waals surface area (Å²) in [4.78, 5) is 23.7. The summed E-state index contributed by atoms with van der Waals surface area (Å²) >= 11 is 0. The SMILES string of the molecule is CCCCCCCOC(=O)CCCCC(=O)OCCC12CC3CC(CC(C3)C1)C2. The van der Waals surface area contributed by atoms with Crippen LogP contribution in [0, 0.1) is 23.2 Å². The standard InChI is InChI=1S/C25H42O4/c1-2-3-4-5-8-12-28-23(26)9-6-7-10-24(27)29-13-11-25-17-20-14-21(18-25)16-22(15-20)19-25/h20-22H,2-19H2,1H3. The maximum atomic E-state index is 12.0. The van der Waals surface area contributed by atoms with E-state index >= 15 is 0 Å². The molecule has 0 aromatic heterocycles. The minimum atomic E-state index is -0.129. The molecular formula is C25H42O4. The van der Waals surface area contributed by atoms with Gasteiger partial charge in [0.1, 0.15) is 0 Å². The highest BCUT2D eigenvalue weighted by atomic mass is 16.5. The average Bonchev–Trinajstić information content (AvgIpc) is 2.67. The van der Waals surface area contributed by atoms with Crippen molar-refractivity contribution in [3.8, 4) is 0 Å². The van der Waals surface area contributed by atoms with Gasteiger partial charge in [0.25, 0.3) is 0 Å². The molecule has 4 bridgehead atoms. The van der Waals surface area contributed by atoms with Crippen molar-refractivity contribution in [2.45, 2.75) is 110 Å². The van der Waals surface area contributed by atoms with Gasteiger partial charge in [-0.05, 0) is 87.4 Å². The molecular weight excluding hydrogens is 364 g/mol. The van der Waals surface area contributed by atoms with E-state index in [0.717, 1.165) is 37.0 Å². The maximum Gasteiger partial charge on any atom is 0.305 e. The third-order valence-corrected chi connectivity index (χ3v) is 7.58. The smallest absolute Gasteiger partial charge is 0.305 e. The van der Waals surface area contributed by atoms with E-state index in [4.69, 9.17) is 9.47 Å². The molecule has 0 aliphatic heterocycles. The molecule has 4 aliphatic rings. The maximum absolute atomic E-state index is 12.0. The lowest BCUT2D eigenvalue weighted by Crippen LogP contribution is -2.46. The van der Waals surface area contributed by atoms with Crippen LogP contribution in [0.2, 0.25) is 0 Å². The molecule has 29 heavy (non-hydrogen) atoms. The summed E-state index contributed by atoms with van der Waals surface area (Å²) in [5, 5.41) is 0. The Labute approximate surface area is 177 Å². The fraction of sp³-hybridized carbons (Fsp3) is 0.920. The van der Waals surface area contributed by atoms with Crippen molar-refractivity contribution >= 4 is 11.9 Å². The van der Waals surface area contributed by atoms with Gasteiger partial charge in [0.15, 0.2) is 0 Å². The molecule has 0 saturated heterocycles. The third-order valence-electron chi connectivity index (χ3n) is 7.58. The third kappa shape index (κ3) is 7.29. The number of hydrogen-bond acceptors (Lipinski definition) is 4. The second-order valence-corrected chi connectivity index (χ2v) is 10.2. The molecule has 4 fully saturated rings. The van der Waals surface area contributed by atoms with Crippen molar-refractivity contribution in [3.05, 3.63) is 0 Å². The monoisotopic (exact) mass is 406 g/mol. The fourth-order valence-electron chi connectivity index (χ4n) is 6.55. The zero-order valence-electron chi connectivity index (χ0n) is 18.6. The summed E-state index contributed by atoms with van der Waals surface area (Å²) in [7, 11) is 0. The zero-order valence-corrected chi connectivity index (χ0v) is 18.6. The van der Waals surface area contributed by atoms with Gasteiger partial charge in [0, 0.05) is 12.8 Å². The lowest BCUT2D eigenvalue weighted by atomic mass is 9.49. The van der Waals surface area contributed by atoms with E-state index in [9.17, 15) is 9.59 Å². The van der Waals surface area contributed by atoms with Gasteiger partial charge >= 0.3 is 11.9 Å². The van der Waals surface area contributed by atoms with E-state index in [0.29, 0.717) is 44.3 Å². The minimum Gasteiger partial charge on any atom is -0.466 e. The summed E-state index contributed by atoms with van der Waals surface area (Å²) < 4.78 is 10.8. The summed E-state index contributed by atoms with van der Waals surface area (Å²) in [6, 6.07) is 0. The quantitative estimate of drug-likeness (QED) is 0.254. The van der Waals surface area contributed by atoms with E-state index in [-0.39, 0.29) is 11.9 Å². The molecule has 4 rings (SSSR count). The van der Waals surface area contributed by atoms with Crippen molar-refractivity contribution in [3.63, 3.8) is 0 Å². The van der Waals surface area contributed by atoms with Gasteiger partial charge in [-0.1, -0.05) is 32.6 Å².